The van der Waals surface area contributed by atoms with Gasteiger partial charge in [-0.15, -0.1) is 0 Å². The Morgan fingerprint density at radius 1 is 1.21 bits per heavy atom. The Hall–Kier alpha value is -3.15. The number of rotatable bonds is 6. The second-order valence-electron chi connectivity index (χ2n) is 7.35. The number of aromatic amines is 1. The summed E-state index contributed by atoms with van der Waals surface area (Å²) in [6.07, 6.45) is 1.07. The highest BCUT2D eigenvalue weighted by molar-refractivity contribution is 5.89. The zero-order chi connectivity index (χ0) is 19.5. The average Bonchev–Trinajstić information content (AvgIpc) is 3.31. The van der Waals surface area contributed by atoms with E-state index < -0.39 is 0 Å². The zero-order valence-electron chi connectivity index (χ0n) is 15.9. The van der Waals surface area contributed by atoms with Crippen molar-refractivity contribution in [1.82, 2.24) is 20.2 Å². The van der Waals surface area contributed by atoms with Crippen LogP contribution in [-0.4, -0.2) is 39.8 Å². The quantitative estimate of drug-likeness (QED) is 0.694. The normalized spacial score (nSPS) is 17.8. The summed E-state index contributed by atoms with van der Waals surface area (Å²) >= 11 is 0. The zero-order valence-corrected chi connectivity index (χ0v) is 15.9. The van der Waals surface area contributed by atoms with Crippen molar-refractivity contribution in [3.63, 3.8) is 0 Å². The van der Waals surface area contributed by atoms with Crippen LogP contribution in [0.15, 0.2) is 54.6 Å². The summed E-state index contributed by atoms with van der Waals surface area (Å²) in [5.41, 5.74) is 3.02. The molecule has 28 heavy (non-hydrogen) atoms. The topological polar surface area (TPSA) is 78.1 Å². The predicted molar refractivity (Wildman–Crippen MR) is 107 cm³/mol. The number of fused-ring (bicyclic) bond motifs is 1. The van der Waals surface area contributed by atoms with Crippen LogP contribution >= 0.6 is 0 Å². The fourth-order valence-corrected chi connectivity index (χ4v) is 3.65. The number of carbonyl (C=O) groups excluding carboxylic acids is 2. The van der Waals surface area contributed by atoms with Crippen molar-refractivity contribution >= 4 is 22.8 Å². The fraction of sp³-hybridized carbons (Fsp3) is 0.318. The Morgan fingerprint density at radius 2 is 1.96 bits per heavy atom. The van der Waals surface area contributed by atoms with E-state index in [2.05, 4.69) is 27.4 Å². The van der Waals surface area contributed by atoms with Crippen LogP contribution in [0.4, 0.5) is 0 Å². The highest BCUT2D eigenvalue weighted by Gasteiger charge is 2.34. The van der Waals surface area contributed by atoms with E-state index in [9.17, 15) is 9.59 Å². The van der Waals surface area contributed by atoms with E-state index in [-0.39, 0.29) is 30.2 Å². The SMILES string of the molecule is CC(NC(=O)C1CC(=O)N(CCc2ccccc2)C1)c1nc2ccccc2[nH]1. The van der Waals surface area contributed by atoms with E-state index in [0.717, 1.165) is 23.3 Å². The number of amides is 2. The highest BCUT2D eigenvalue weighted by atomic mass is 16.2. The maximum absolute atomic E-state index is 12.7. The third-order valence-electron chi connectivity index (χ3n) is 5.28. The molecule has 144 valence electrons. The minimum Gasteiger partial charge on any atom is -0.346 e. The number of para-hydroxylation sites is 2. The Kier molecular flexibility index (Phi) is 5.10. The van der Waals surface area contributed by atoms with Crippen LogP contribution in [0.2, 0.25) is 0 Å². The van der Waals surface area contributed by atoms with E-state index in [4.69, 9.17) is 0 Å². The molecule has 2 amide bonds. The van der Waals surface area contributed by atoms with Gasteiger partial charge in [-0.2, -0.15) is 0 Å². The molecule has 0 radical (unpaired) electrons. The van der Waals surface area contributed by atoms with Crippen LogP contribution in [0, 0.1) is 5.92 Å². The molecule has 0 saturated carbocycles. The molecule has 2 unspecified atom stereocenters. The summed E-state index contributed by atoms with van der Waals surface area (Å²) in [6.45, 7) is 3.02. The number of imidazole rings is 1. The molecule has 1 aliphatic rings. The van der Waals surface area contributed by atoms with Gasteiger partial charge >= 0.3 is 0 Å². The first kappa shape index (κ1) is 18.2. The number of nitrogens with one attached hydrogen (secondary N) is 2. The van der Waals surface area contributed by atoms with Crippen LogP contribution < -0.4 is 5.32 Å². The minimum atomic E-state index is -0.310. The molecule has 1 aliphatic heterocycles. The van der Waals surface area contributed by atoms with Crippen molar-refractivity contribution in [2.45, 2.75) is 25.8 Å². The monoisotopic (exact) mass is 376 g/mol. The molecule has 0 aliphatic carbocycles. The maximum Gasteiger partial charge on any atom is 0.226 e. The van der Waals surface area contributed by atoms with Gasteiger partial charge in [0.05, 0.1) is 23.0 Å². The predicted octanol–water partition coefficient (Wildman–Crippen LogP) is 2.83. The summed E-state index contributed by atoms with van der Waals surface area (Å²) in [4.78, 5) is 34.6. The summed E-state index contributed by atoms with van der Waals surface area (Å²) in [5, 5.41) is 3.00. The van der Waals surface area contributed by atoms with Gasteiger partial charge in [0, 0.05) is 19.5 Å². The number of benzene rings is 2. The van der Waals surface area contributed by atoms with Gasteiger partial charge in [0.15, 0.2) is 0 Å². The summed E-state index contributed by atoms with van der Waals surface area (Å²) < 4.78 is 0. The van der Waals surface area contributed by atoms with Crippen LogP contribution in [0.1, 0.15) is 30.8 Å². The van der Waals surface area contributed by atoms with Gasteiger partial charge < -0.3 is 15.2 Å². The lowest BCUT2D eigenvalue weighted by Crippen LogP contribution is -2.35. The number of hydrogen-bond donors (Lipinski definition) is 2. The van der Waals surface area contributed by atoms with Crippen LogP contribution in [-0.2, 0) is 16.0 Å². The standard InChI is InChI=1S/C22H24N4O2/c1-15(21-24-18-9-5-6-10-19(18)25-21)23-22(28)17-13-20(27)26(14-17)12-11-16-7-3-2-4-8-16/h2-10,15,17H,11-14H2,1H3,(H,23,28)(H,24,25). The Balaban J connectivity index is 1.33. The van der Waals surface area contributed by atoms with Gasteiger partial charge in [-0.3, -0.25) is 9.59 Å². The van der Waals surface area contributed by atoms with E-state index >= 15 is 0 Å². The van der Waals surface area contributed by atoms with E-state index in [1.807, 2.05) is 49.4 Å². The molecule has 0 bridgehead atoms. The fourth-order valence-electron chi connectivity index (χ4n) is 3.65. The molecular formula is C22H24N4O2. The molecule has 1 aromatic heterocycles. The molecule has 6 heteroatoms. The van der Waals surface area contributed by atoms with Gasteiger partial charge in [-0.05, 0) is 31.0 Å². The number of carbonyl (C=O) groups is 2. The highest BCUT2D eigenvalue weighted by Crippen LogP contribution is 2.21. The molecular weight excluding hydrogens is 352 g/mol. The van der Waals surface area contributed by atoms with Gasteiger partial charge in [0.25, 0.3) is 0 Å². The smallest absolute Gasteiger partial charge is 0.226 e. The third kappa shape index (κ3) is 3.91. The van der Waals surface area contributed by atoms with Gasteiger partial charge in [0.2, 0.25) is 11.8 Å². The van der Waals surface area contributed by atoms with Crippen molar-refractivity contribution < 1.29 is 9.59 Å². The van der Waals surface area contributed by atoms with Gasteiger partial charge in [-0.1, -0.05) is 42.5 Å². The third-order valence-corrected chi connectivity index (χ3v) is 5.28. The van der Waals surface area contributed by atoms with E-state index in [1.165, 1.54) is 5.56 Å². The number of H-pyrrole nitrogens is 1. The first-order chi connectivity index (χ1) is 13.6. The molecule has 1 saturated heterocycles. The molecule has 2 atom stereocenters. The van der Waals surface area contributed by atoms with Crippen molar-refractivity contribution in [3.05, 3.63) is 66.0 Å². The molecule has 1 fully saturated rings. The largest absolute Gasteiger partial charge is 0.346 e. The lowest BCUT2D eigenvalue weighted by atomic mass is 10.1. The van der Waals surface area contributed by atoms with Gasteiger partial charge in [-0.25, -0.2) is 4.98 Å². The maximum atomic E-state index is 12.7. The van der Waals surface area contributed by atoms with Crippen molar-refractivity contribution in [1.29, 1.82) is 0 Å². The molecule has 2 N–H and O–H groups in total. The van der Waals surface area contributed by atoms with E-state index in [0.29, 0.717) is 13.1 Å². The van der Waals surface area contributed by atoms with Gasteiger partial charge in [0.1, 0.15) is 5.82 Å². The van der Waals surface area contributed by atoms with Crippen molar-refractivity contribution in [2.75, 3.05) is 13.1 Å². The Labute approximate surface area is 164 Å². The lowest BCUT2D eigenvalue weighted by molar-refractivity contribution is -0.129. The van der Waals surface area contributed by atoms with Crippen LogP contribution in [0.3, 0.4) is 0 Å². The Bertz CT molecular complexity index is 949. The average molecular weight is 376 g/mol. The van der Waals surface area contributed by atoms with Crippen molar-refractivity contribution in [3.8, 4) is 0 Å². The second-order valence-corrected chi connectivity index (χ2v) is 7.35. The number of aromatic nitrogens is 2. The molecule has 6 nitrogen and oxygen atoms in total. The second kappa shape index (κ2) is 7.84. The minimum absolute atomic E-state index is 0.0486. The van der Waals surface area contributed by atoms with Crippen LogP contribution in [0.5, 0.6) is 0 Å². The molecule has 2 aromatic carbocycles. The first-order valence-electron chi connectivity index (χ1n) is 9.67. The van der Waals surface area contributed by atoms with Crippen LogP contribution in [0.25, 0.3) is 11.0 Å². The summed E-state index contributed by atoms with van der Waals surface area (Å²) in [5.74, 6) is 0.367. The summed E-state index contributed by atoms with van der Waals surface area (Å²) in [6, 6.07) is 17.6. The van der Waals surface area contributed by atoms with Crippen molar-refractivity contribution in [2.24, 2.45) is 5.92 Å². The lowest BCUT2D eigenvalue weighted by Gasteiger charge is -2.18. The first-order valence-corrected chi connectivity index (χ1v) is 9.67. The molecule has 0 spiro atoms. The van der Waals surface area contributed by atoms with E-state index in [1.54, 1.807) is 4.90 Å². The molecule has 3 aromatic rings. The molecule has 2 heterocycles. The number of nitrogens with zero attached hydrogens (tertiary/aromatic N) is 2. The number of hydrogen-bond acceptors (Lipinski definition) is 3. The number of likely N-dealkylation sites (tertiary alicyclic amines) is 1. The summed E-state index contributed by atoms with van der Waals surface area (Å²) in [7, 11) is 0. The Morgan fingerprint density at radius 3 is 2.75 bits per heavy atom. The molecule has 4 rings (SSSR count).